The number of phenolic OH excluding ortho intramolecular Hbond substituents is 2. The van der Waals surface area contributed by atoms with Gasteiger partial charge in [-0.05, 0) is 23.8 Å². The van der Waals surface area contributed by atoms with Gasteiger partial charge in [0.1, 0.15) is 5.69 Å². The van der Waals surface area contributed by atoms with Crippen LogP contribution in [0.1, 0.15) is 10.5 Å². The molecule has 0 saturated carbocycles. The second-order valence-corrected chi connectivity index (χ2v) is 5.01. The molecule has 4 N–H and O–H groups in total. The van der Waals surface area contributed by atoms with Crippen molar-refractivity contribution >= 4 is 28.5 Å². The minimum Gasteiger partial charge on any atom is -0.504 e. The molecule has 2 aromatic carbocycles. The van der Waals surface area contributed by atoms with Crippen LogP contribution in [0.5, 0.6) is 11.5 Å². The predicted molar refractivity (Wildman–Crippen MR) is 79.0 cm³/mol. The SMILES string of the molecule is O=C(O)c1[nH]c2cc(O)c(O)cc2c1-c1cccc(Cl)c1. The summed E-state index contributed by atoms with van der Waals surface area (Å²) in [4.78, 5) is 14.2. The summed E-state index contributed by atoms with van der Waals surface area (Å²) in [5.41, 5.74) is 1.40. The van der Waals surface area contributed by atoms with Crippen molar-refractivity contribution in [3.05, 3.63) is 47.1 Å². The van der Waals surface area contributed by atoms with Gasteiger partial charge in [0.05, 0.1) is 5.52 Å². The molecule has 1 heterocycles. The van der Waals surface area contributed by atoms with E-state index < -0.39 is 5.97 Å². The highest BCUT2D eigenvalue weighted by atomic mass is 35.5. The van der Waals surface area contributed by atoms with Crippen LogP contribution in [0.4, 0.5) is 0 Å². The van der Waals surface area contributed by atoms with Gasteiger partial charge < -0.3 is 20.3 Å². The zero-order valence-corrected chi connectivity index (χ0v) is 11.3. The number of nitrogens with one attached hydrogen (secondary N) is 1. The molecular weight excluding hydrogens is 294 g/mol. The molecular formula is C15H10ClNO4. The lowest BCUT2D eigenvalue weighted by atomic mass is 10.0. The van der Waals surface area contributed by atoms with E-state index in [4.69, 9.17) is 11.6 Å². The molecule has 0 aliphatic carbocycles. The van der Waals surface area contributed by atoms with Crippen molar-refractivity contribution in [1.29, 1.82) is 0 Å². The standard InChI is InChI=1S/C15H10ClNO4/c16-8-3-1-2-7(4-8)13-9-5-11(18)12(19)6-10(9)17-14(13)15(20)21/h1-6,17-19H,(H,20,21). The highest BCUT2D eigenvalue weighted by molar-refractivity contribution is 6.31. The average Bonchev–Trinajstić information content (AvgIpc) is 2.78. The third-order valence-electron chi connectivity index (χ3n) is 3.22. The molecule has 0 aliphatic heterocycles. The van der Waals surface area contributed by atoms with Crippen LogP contribution in [0.2, 0.25) is 5.02 Å². The van der Waals surface area contributed by atoms with E-state index in [1.807, 2.05) is 0 Å². The minimum atomic E-state index is -1.14. The van der Waals surface area contributed by atoms with Gasteiger partial charge in [-0.15, -0.1) is 0 Å². The molecule has 0 amide bonds. The second kappa shape index (κ2) is 4.71. The van der Waals surface area contributed by atoms with Gasteiger partial charge in [-0.3, -0.25) is 0 Å². The number of aromatic amines is 1. The van der Waals surface area contributed by atoms with Crippen LogP contribution in [0.25, 0.3) is 22.0 Å². The van der Waals surface area contributed by atoms with Gasteiger partial charge in [-0.25, -0.2) is 4.79 Å². The number of carboxylic acids is 1. The zero-order chi connectivity index (χ0) is 15.1. The molecule has 0 unspecified atom stereocenters. The van der Waals surface area contributed by atoms with Crippen molar-refractivity contribution in [2.45, 2.75) is 0 Å². The monoisotopic (exact) mass is 303 g/mol. The quantitative estimate of drug-likeness (QED) is 0.544. The fourth-order valence-corrected chi connectivity index (χ4v) is 2.51. The fourth-order valence-electron chi connectivity index (χ4n) is 2.32. The van der Waals surface area contributed by atoms with Crippen molar-refractivity contribution in [2.75, 3.05) is 0 Å². The first kappa shape index (κ1) is 13.3. The summed E-state index contributed by atoms with van der Waals surface area (Å²) in [6.45, 7) is 0. The number of H-pyrrole nitrogens is 1. The van der Waals surface area contributed by atoms with Gasteiger partial charge in [0.25, 0.3) is 0 Å². The Morgan fingerprint density at radius 2 is 1.81 bits per heavy atom. The maximum absolute atomic E-state index is 11.4. The molecule has 106 valence electrons. The van der Waals surface area contributed by atoms with E-state index in [-0.39, 0.29) is 17.2 Å². The summed E-state index contributed by atoms with van der Waals surface area (Å²) >= 11 is 5.95. The van der Waals surface area contributed by atoms with Crippen molar-refractivity contribution in [3.8, 4) is 22.6 Å². The normalized spacial score (nSPS) is 10.9. The van der Waals surface area contributed by atoms with Gasteiger partial charge in [-0.2, -0.15) is 0 Å². The number of aromatic hydroxyl groups is 2. The van der Waals surface area contributed by atoms with Crippen LogP contribution in [-0.4, -0.2) is 26.3 Å². The Morgan fingerprint density at radius 1 is 1.10 bits per heavy atom. The van der Waals surface area contributed by atoms with Crippen LogP contribution in [0.3, 0.4) is 0 Å². The molecule has 0 fully saturated rings. The number of halogens is 1. The molecule has 1 aromatic heterocycles. The Morgan fingerprint density at radius 3 is 2.48 bits per heavy atom. The highest BCUT2D eigenvalue weighted by Gasteiger charge is 2.20. The smallest absolute Gasteiger partial charge is 0.352 e. The number of hydrogen-bond donors (Lipinski definition) is 4. The third-order valence-corrected chi connectivity index (χ3v) is 3.46. The van der Waals surface area contributed by atoms with Crippen LogP contribution in [-0.2, 0) is 0 Å². The number of benzene rings is 2. The van der Waals surface area contributed by atoms with Crippen LogP contribution in [0.15, 0.2) is 36.4 Å². The number of hydrogen-bond acceptors (Lipinski definition) is 3. The van der Waals surface area contributed by atoms with Gasteiger partial charge in [-0.1, -0.05) is 23.7 Å². The number of rotatable bonds is 2. The lowest BCUT2D eigenvalue weighted by molar-refractivity contribution is 0.0692. The number of carbonyl (C=O) groups is 1. The molecule has 21 heavy (non-hydrogen) atoms. The third kappa shape index (κ3) is 2.17. The molecule has 3 aromatic rings. The van der Waals surface area contributed by atoms with E-state index in [0.717, 1.165) is 0 Å². The maximum Gasteiger partial charge on any atom is 0.352 e. The van der Waals surface area contributed by atoms with E-state index in [9.17, 15) is 20.1 Å². The lowest BCUT2D eigenvalue weighted by Gasteiger charge is -2.04. The van der Waals surface area contributed by atoms with E-state index in [2.05, 4.69) is 4.98 Å². The Labute approximate surface area is 124 Å². The van der Waals surface area contributed by atoms with Crippen molar-refractivity contribution in [3.63, 3.8) is 0 Å². The zero-order valence-electron chi connectivity index (χ0n) is 10.6. The number of phenols is 2. The fraction of sp³-hybridized carbons (Fsp3) is 0. The van der Waals surface area contributed by atoms with E-state index in [1.54, 1.807) is 24.3 Å². The Hall–Kier alpha value is -2.66. The topological polar surface area (TPSA) is 93.5 Å². The largest absolute Gasteiger partial charge is 0.504 e. The summed E-state index contributed by atoms with van der Waals surface area (Å²) in [6.07, 6.45) is 0. The van der Waals surface area contributed by atoms with Gasteiger partial charge >= 0.3 is 5.97 Å². The first-order valence-electron chi connectivity index (χ1n) is 6.04. The average molecular weight is 304 g/mol. The molecule has 0 aliphatic rings. The lowest BCUT2D eigenvalue weighted by Crippen LogP contribution is -1.98. The van der Waals surface area contributed by atoms with Crippen molar-refractivity contribution < 1.29 is 20.1 Å². The van der Waals surface area contributed by atoms with Crippen LogP contribution < -0.4 is 0 Å². The predicted octanol–water partition coefficient (Wildman–Crippen LogP) is 3.60. The minimum absolute atomic E-state index is 0.0303. The van der Waals surface area contributed by atoms with E-state index in [0.29, 0.717) is 27.1 Å². The van der Waals surface area contributed by atoms with Crippen molar-refractivity contribution in [1.82, 2.24) is 4.98 Å². The maximum atomic E-state index is 11.4. The number of aromatic carboxylic acids is 1. The summed E-state index contributed by atoms with van der Waals surface area (Å²) < 4.78 is 0. The summed E-state index contributed by atoms with van der Waals surface area (Å²) in [6, 6.07) is 9.37. The van der Waals surface area contributed by atoms with Crippen LogP contribution >= 0.6 is 11.6 Å². The molecule has 5 nitrogen and oxygen atoms in total. The number of aromatic nitrogens is 1. The molecule has 0 saturated heterocycles. The Bertz CT molecular complexity index is 869. The van der Waals surface area contributed by atoms with Gasteiger partial charge in [0.2, 0.25) is 0 Å². The number of fused-ring (bicyclic) bond motifs is 1. The van der Waals surface area contributed by atoms with Crippen molar-refractivity contribution in [2.24, 2.45) is 0 Å². The molecule has 0 bridgehead atoms. The first-order chi connectivity index (χ1) is 9.97. The van der Waals surface area contributed by atoms with Crippen LogP contribution in [0, 0.1) is 0 Å². The summed E-state index contributed by atoms with van der Waals surface area (Å²) in [5, 5.41) is 29.5. The highest BCUT2D eigenvalue weighted by Crippen LogP contribution is 2.38. The molecule has 0 spiro atoms. The Balaban J connectivity index is 2.40. The van der Waals surface area contributed by atoms with E-state index in [1.165, 1.54) is 12.1 Å². The molecule has 6 heteroatoms. The first-order valence-corrected chi connectivity index (χ1v) is 6.42. The molecule has 0 radical (unpaired) electrons. The van der Waals surface area contributed by atoms with Gasteiger partial charge in [0, 0.05) is 22.0 Å². The Kier molecular flexibility index (Phi) is 2.99. The van der Waals surface area contributed by atoms with E-state index >= 15 is 0 Å². The molecule has 3 rings (SSSR count). The second-order valence-electron chi connectivity index (χ2n) is 4.58. The summed E-state index contributed by atoms with van der Waals surface area (Å²) in [7, 11) is 0. The number of carboxylic acid groups (broad SMARTS) is 1. The summed E-state index contributed by atoms with van der Waals surface area (Å²) in [5.74, 6) is -1.78. The van der Waals surface area contributed by atoms with Gasteiger partial charge in [0.15, 0.2) is 11.5 Å². The molecule has 0 atom stereocenters.